The van der Waals surface area contributed by atoms with Gasteiger partial charge >= 0.3 is 0 Å². The molecule has 5 rings (SSSR count). The van der Waals surface area contributed by atoms with Crippen molar-refractivity contribution in [3.63, 3.8) is 0 Å². The molecule has 0 aliphatic rings. The first-order chi connectivity index (χ1) is 16.7. The molecule has 0 saturated carbocycles. The van der Waals surface area contributed by atoms with Gasteiger partial charge in [0, 0.05) is 7.05 Å². The first-order valence-corrected chi connectivity index (χ1v) is 11.0. The lowest BCUT2D eigenvalue weighted by atomic mass is 10.1. The van der Waals surface area contributed by atoms with Crippen LogP contribution in [-0.4, -0.2) is 36.8 Å². The number of hydrogen-bond acceptors (Lipinski definition) is 5. The van der Waals surface area contributed by atoms with Crippen molar-refractivity contribution in [3.05, 3.63) is 103 Å². The molecule has 1 atom stereocenters. The van der Waals surface area contributed by atoms with Gasteiger partial charge in [-0.2, -0.15) is 0 Å². The van der Waals surface area contributed by atoms with Crippen LogP contribution in [0, 0.1) is 0 Å². The molecule has 0 unspecified atom stereocenters. The number of fused-ring (bicyclic) bond motifs is 1. The highest BCUT2D eigenvalue weighted by atomic mass is 16.5. The highest BCUT2D eigenvalue weighted by molar-refractivity contribution is 5.79. The molecule has 0 bridgehead atoms. The van der Waals surface area contributed by atoms with Crippen molar-refractivity contribution in [2.24, 2.45) is 7.05 Å². The van der Waals surface area contributed by atoms with Crippen molar-refractivity contribution in [3.8, 4) is 11.4 Å². The van der Waals surface area contributed by atoms with Crippen molar-refractivity contribution >= 4 is 16.9 Å². The Balaban J connectivity index is 1.36. The van der Waals surface area contributed by atoms with Crippen LogP contribution in [0.2, 0.25) is 0 Å². The van der Waals surface area contributed by atoms with Crippen molar-refractivity contribution in [1.29, 1.82) is 0 Å². The Bertz CT molecular complexity index is 1400. The smallest absolute Gasteiger partial charge is 0.258 e. The molecule has 2 heterocycles. The minimum atomic E-state index is -0.316. The molecule has 0 radical (unpaired) electrons. The van der Waals surface area contributed by atoms with Gasteiger partial charge in [-0.05, 0) is 36.2 Å². The maximum Gasteiger partial charge on any atom is 0.258 e. The summed E-state index contributed by atoms with van der Waals surface area (Å²) in [6, 6.07) is 25.2. The summed E-state index contributed by atoms with van der Waals surface area (Å²) in [5, 5.41) is 10.8. The van der Waals surface area contributed by atoms with E-state index in [1.54, 1.807) is 17.2 Å². The third-order valence-electron chi connectivity index (χ3n) is 5.67. The van der Waals surface area contributed by atoms with Gasteiger partial charge in [0.25, 0.3) is 5.91 Å². The van der Waals surface area contributed by atoms with Gasteiger partial charge in [-0.15, -0.1) is 10.2 Å². The third kappa shape index (κ3) is 4.52. The fraction of sp³-hybridized carbons (Fsp3) is 0.154. The molecule has 0 spiro atoms. The molecular weight excluding hydrogens is 428 g/mol. The normalized spacial score (nSPS) is 11.9. The summed E-state index contributed by atoms with van der Waals surface area (Å²) in [7, 11) is 1.97. The van der Waals surface area contributed by atoms with E-state index in [4.69, 9.17) is 9.72 Å². The molecule has 170 valence electrons. The highest BCUT2D eigenvalue weighted by Crippen LogP contribution is 2.24. The van der Waals surface area contributed by atoms with E-state index in [1.165, 1.54) is 0 Å². The number of aryl methyl sites for hydroxylation is 1. The van der Waals surface area contributed by atoms with Crippen LogP contribution in [-0.2, 0) is 18.3 Å². The minimum absolute atomic E-state index is 0.131. The van der Waals surface area contributed by atoms with Crippen LogP contribution in [0.25, 0.3) is 16.7 Å². The molecule has 8 nitrogen and oxygen atoms in total. The van der Waals surface area contributed by atoms with Crippen LogP contribution in [0.4, 0.5) is 0 Å². The third-order valence-corrected chi connectivity index (χ3v) is 5.67. The molecule has 1 N–H and O–H groups in total. The Morgan fingerprint density at radius 1 is 0.941 bits per heavy atom. The summed E-state index contributed by atoms with van der Waals surface area (Å²) >= 11 is 0. The predicted molar refractivity (Wildman–Crippen MR) is 129 cm³/mol. The van der Waals surface area contributed by atoms with E-state index in [0.717, 1.165) is 28.1 Å². The molecule has 8 heteroatoms. The summed E-state index contributed by atoms with van der Waals surface area (Å²) in [6.07, 6.45) is 3.79. The van der Waals surface area contributed by atoms with E-state index in [0.29, 0.717) is 12.2 Å². The zero-order valence-electron chi connectivity index (χ0n) is 18.7. The topological polar surface area (TPSA) is 86.9 Å². The maximum absolute atomic E-state index is 13.0. The van der Waals surface area contributed by atoms with Crippen LogP contribution in [0.3, 0.4) is 0 Å². The summed E-state index contributed by atoms with van der Waals surface area (Å²) in [5.41, 5.74) is 3.78. The monoisotopic (exact) mass is 452 g/mol. The van der Waals surface area contributed by atoms with E-state index >= 15 is 0 Å². The number of carbonyl (C=O) groups is 1. The number of nitrogens with zero attached hydrogens (tertiary/aromatic N) is 5. The second-order valence-electron chi connectivity index (χ2n) is 7.95. The second-order valence-corrected chi connectivity index (χ2v) is 7.95. The number of benzene rings is 3. The highest BCUT2D eigenvalue weighted by Gasteiger charge is 2.22. The van der Waals surface area contributed by atoms with E-state index in [1.807, 2.05) is 90.5 Å². The van der Waals surface area contributed by atoms with Crippen molar-refractivity contribution in [2.75, 3.05) is 6.61 Å². The lowest BCUT2D eigenvalue weighted by Gasteiger charge is -2.19. The fourth-order valence-corrected chi connectivity index (χ4v) is 4.03. The summed E-state index contributed by atoms with van der Waals surface area (Å²) in [6.45, 7) is -0.131. The molecule has 0 aliphatic carbocycles. The Labute approximate surface area is 196 Å². The van der Waals surface area contributed by atoms with E-state index in [9.17, 15) is 4.79 Å². The molecule has 34 heavy (non-hydrogen) atoms. The maximum atomic E-state index is 13.0. The summed E-state index contributed by atoms with van der Waals surface area (Å²) in [4.78, 5) is 17.8. The number of aromatic nitrogens is 5. The number of imidazole rings is 1. The van der Waals surface area contributed by atoms with Gasteiger partial charge in [0.1, 0.15) is 24.2 Å². The lowest BCUT2D eigenvalue weighted by Crippen LogP contribution is -2.35. The Morgan fingerprint density at radius 2 is 1.65 bits per heavy atom. The number of amides is 1. The Kier molecular flexibility index (Phi) is 6.03. The molecular formula is C26H24N6O2. The average Bonchev–Trinajstić information content (AvgIpc) is 3.52. The van der Waals surface area contributed by atoms with Crippen molar-refractivity contribution in [2.45, 2.75) is 12.5 Å². The Hall–Kier alpha value is -4.46. The summed E-state index contributed by atoms with van der Waals surface area (Å²) < 4.78 is 9.66. The van der Waals surface area contributed by atoms with Crippen LogP contribution >= 0.6 is 0 Å². The predicted octanol–water partition coefficient (Wildman–Crippen LogP) is 3.63. The largest absolute Gasteiger partial charge is 0.482 e. The number of para-hydroxylation sites is 4. The number of rotatable bonds is 8. The molecule has 0 saturated heterocycles. The van der Waals surface area contributed by atoms with Gasteiger partial charge in [-0.3, -0.25) is 9.36 Å². The van der Waals surface area contributed by atoms with Gasteiger partial charge in [-0.1, -0.05) is 54.6 Å². The zero-order chi connectivity index (χ0) is 23.3. The number of ether oxygens (including phenoxy) is 1. The quantitative estimate of drug-likeness (QED) is 0.389. The van der Waals surface area contributed by atoms with Crippen LogP contribution in [0.15, 0.2) is 91.5 Å². The zero-order valence-corrected chi connectivity index (χ0v) is 18.7. The molecule has 0 aliphatic heterocycles. The molecule has 2 aromatic heterocycles. The molecule has 1 amide bonds. The molecule has 3 aromatic carbocycles. The van der Waals surface area contributed by atoms with E-state index in [2.05, 4.69) is 15.5 Å². The van der Waals surface area contributed by atoms with Gasteiger partial charge in [0.05, 0.1) is 22.8 Å². The SMILES string of the molecule is Cn1c([C@@H](Cc2ccccc2)NC(=O)COc2ccccc2-n2cnnc2)nc2ccccc21. The second kappa shape index (κ2) is 9.58. The van der Waals surface area contributed by atoms with Crippen LogP contribution < -0.4 is 10.1 Å². The Morgan fingerprint density at radius 3 is 2.44 bits per heavy atom. The van der Waals surface area contributed by atoms with Crippen LogP contribution in [0.5, 0.6) is 5.75 Å². The first-order valence-electron chi connectivity index (χ1n) is 11.0. The molecule has 5 aromatic rings. The van der Waals surface area contributed by atoms with Gasteiger partial charge < -0.3 is 14.6 Å². The van der Waals surface area contributed by atoms with Gasteiger partial charge in [0.15, 0.2) is 6.61 Å². The van der Waals surface area contributed by atoms with Crippen LogP contribution in [0.1, 0.15) is 17.4 Å². The van der Waals surface area contributed by atoms with E-state index < -0.39 is 0 Å². The van der Waals surface area contributed by atoms with E-state index in [-0.39, 0.29) is 18.6 Å². The van der Waals surface area contributed by atoms with Crippen molar-refractivity contribution in [1.82, 2.24) is 29.6 Å². The number of hydrogen-bond donors (Lipinski definition) is 1. The van der Waals surface area contributed by atoms with Gasteiger partial charge in [-0.25, -0.2) is 4.98 Å². The standard InChI is InChI=1S/C26H24N6O2/c1-31-22-12-6-5-11-20(22)30-26(31)21(15-19-9-3-2-4-10-19)29-25(33)16-34-24-14-8-7-13-23(24)32-17-27-28-18-32/h2-14,17-18,21H,15-16H2,1H3,(H,29,33)/t21-/m1/s1. The van der Waals surface area contributed by atoms with Crippen molar-refractivity contribution < 1.29 is 9.53 Å². The lowest BCUT2D eigenvalue weighted by molar-refractivity contribution is -0.123. The first kappa shape index (κ1) is 21.4. The number of nitrogens with one attached hydrogen (secondary N) is 1. The van der Waals surface area contributed by atoms with Gasteiger partial charge in [0.2, 0.25) is 0 Å². The average molecular weight is 453 g/mol. The summed E-state index contributed by atoms with van der Waals surface area (Å²) in [5.74, 6) is 1.13. The number of carbonyl (C=O) groups excluding carboxylic acids is 1. The molecule has 0 fully saturated rings. The minimum Gasteiger partial charge on any atom is -0.482 e. The fourth-order valence-electron chi connectivity index (χ4n) is 4.03.